The lowest BCUT2D eigenvalue weighted by molar-refractivity contribution is 0.00768. The highest BCUT2D eigenvalue weighted by Crippen LogP contribution is 2.34. The highest BCUT2D eigenvalue weighted by molar-refractivity contribution is 5.40. The highest BCUT2D eigenvalue weighted by Gasteiger charge is 2.36. The Morgan fingerprint density at radius 1 is 1.33 bits per heavy atom. The van der Waals surface area contributed by atoms with E-state index in [1.165, 1.54) is 5.56 Å². The second-order valence-corrected chi connectivity index (χ2v) is 5.97. The number of nitrogen functional groups attached to an aromatic ring is 1. The van der Waals surface area contributed by atoms with Gasteiger partial charge in [-0.2, -0.15) is 4.98 Å². The first-order valence-corrected chi connectivity index (χ1v) is 7.39. The summed E-state index contributed by atoms with van der Waals surface area (Å²) in [5, 5.41) is 4.10. The van der Waals surface area contributed by atoms with Crippen LogP contribution < -0.4 is 5.73 Å². The molecule has 21 heavy (non-hydrogen) atoms. The summed E-state index contributed by atoms with van der Waals surface area (Å²) in [6.07, 6.45) is 2.70. The van der Waals surface area contributed by atoms with Crippen molar-refractivity contribution in [2.75, 3.05) is 12.3 Å². The molecule has 2 aromatic rings. The third kappa shape index (κ3) is 2.93. The van der Waals surface area contributed by atoms with Crippen LogP contribution in [0.1, 0.15) is 49.9 Å². The smallest absolute Gasteiger partial charge is 0.227 e. The van der Waals surface area contributed by atoms with Crippen molar-refractivity contribution in [3.63, 3.8) is 0 Å². The summed E-state index contributed by atoms with van der Waals surface area (Å²) in [6.45, 7) is 4.93. The maximum absolute atomic E-state index is 5.74. The van der Waals surface area contributed by atoms with Crippen molar-refractivity contribution in [3.8, 4) is 0 Å². The molecule has 1 aromatic carbocycles. The van der Waals surface area contributed by atoms with Gasteiger partial charge in [-0.05, 0) is 43.4 Å². The second kappa shape index (κ2) is 5.48. The molecular formula is C16H21N3O2. The number of benzene rings is 1. The maximum Gasteiger partial charge on any atom is 0.227 e. The number of nitrogens with zero attached hydrogens (tertiary/aromatic N) is 2. The second-order valence-electron chi connectivity index (χ2n) is 5.97. The first-order chi connectivity index (χ1) is 10.1. The van der Waals surface area contributed by atoms with E-state index in [2.05, 4.69) is 17.1 Å². The minimum atomic E-state index is -0.383. The SMILES string of the molecule is CC(Cc1nc(C2(C)CCCO2)no1)c1ccc(N)cc1. The van der Waals surface area contributed by atoms with Crippen molar-refractivity contribution < 1.29 is 9.26 Å². The van der Waals surface area contributed by atoms with Gasteiger partial charge in [-0.15, -0.1) is 0 Å². The molecule has 112 valence electrons. The van der Waals surface area contributed by atoms with Crippen LogP contribution in [0, 0.1) is 0 Å². The number of nitrogens with two attached hydrogens (primary N) is 1. The van der Waals surface area contributed by atoms with Crippen LogP contribution in [0.15, 0.2) is 28.8 Å². The first-order valence-electron chi connectivity index (χ1n) is 7.39. The monoisotopic (exact) mass is 287 g/mol. The van der Waals surface area contributed by atoms with E-state index in [-0.39, 0.29) is 5.60 Å². The summed E-state index contributed by atoms with van der Waals surface area (Å²) in [5.74, 6) is 1.63. The van der Waals surface area contributed by atoms with Gasteiger partial charge in [0.15, 0.2) is 0 Å². The fraction of sp³-hybridized carbons (Fsp3) is 0.500. The quantitative estimate of drug-likeness (QED) is 0.875. The lowest BCUT2D eigenvalue weighted by Crippen LogP contribution is -2.21. The number of ether oxygens (including phenoxy) is 1. The predicted molar refractivity (Wildman–Crippen MR) is 79.8 cm³/mol. The van der Waals surface area contributed by atoms with Gasteiger partial charge < -0.3 is 15.0 Å². The Bertz CT molecular complexity index is 600. The lowest BCUT2D eigenvalue weighted by Gasteiger charge is -2.17. The average molecular weight is 287 g/mol. The van der Waals surface area contributed by atoms with Gasteiger partial charge in [-0.25, -0.2) is 0 Å². The highest BCUT2D eigenvalue weighted by atomic mass is 16.5. The van der Waals surface area contributed by atoms with Crippen molar-refractivity contribution in [2.45, 2.75) is 44.6 Å². The molecule has 1 fully saturated rings. The molecule has 1 aliphatic rings. The molecule has 0 aliphatic carbocycles. The van der Waals surface area contributed by atoms with E-state index in [4.69, 9.17) is 15.0 Å². The summed E-state index contributed by atoms with van der Waals surface area (Å²) >= 11 is 0. The Morgan fingerprint density at radius 2 is 2.10 bits per heavy atom. The minimum Gasteiger partial charge on any atom is -0.399 e. The normalized spacial score (nSPS) is 23.3. The zero-order valence-corrected chi connectivity index (χ0v) is 12.5. The van der Waals surface area contributed by atoms with Crippen molar-refractivity contribution in [1.82, 2.24) is 10.1 Å². The van der Waals surface area contributed by atoms with Crippen molar-refractivity contribution in [2.24, 2.45) is 0 Å². The number of anilines is 1. The lowest BCUT2D eigenvalue weighted by atomic mass is 9.97. The van der Waals surface area contributed by atoms with Crippen LogP contribution in [0.5, 0.6) is 0 Å². The molecule has 0 saturated carbocycles. The van der Waals surface area contributed by atoms with E-state index in [0.29, 0.717) is 24.1 Å². The van der Waals surface area contributed by atoms with Crippen LogP contribution in [-0.4, -0.2) is 16.7 Å². The van der Waals surface area contributed by atoms with Gasteiger partial charge in [0.05, 0.1) is 0 Å². The molecule has 3 rings (SSSR count). The van der Waals surface area contributed by atoms with Gasteiger partial charge in [0.1, 0.15) is 5.60 Å². The Morgan fingerprint density at radius 3 is 2.76 bits per heavy atom. The third-order valence-electron chi connectivity index (χ3n) is 4.15. The molecule has 2 atom stereocenters. The van der Waals surface area contributed by atoms with Gasteiger partial charge >= 0.3 is 0 Å². The zero-order chi connectivity index (χ0) is 14.9. The molecule has 2 unspecified atom stereocenters. The Hall–Kier alpha value is -1.88. The van der Waals surface area contributed by atoms with Gasteiger partial charge in [-0.3, -0.25) is 0 Å². The van der Waals surface area contributed by atoms with Gasteiger partial charge in [0.2, 0.25) is 11.7 Å². The van der Waals surface area contributed by atoms with E-state index < -0.39 is 0 Å². The molecule has 1 aromatic heterocycles. The van der Waals surface area contributed by atoms with E-state index in [1.807, 2.05) is 31.2 Å². The summed E-state index contributed by atoms with van der Waals surface area (Å²) in [4.78, 5) is 4.52. The zero-order valence-electron chi connectivity index (χ0n) is 12.5. The van der Waals surface area contributed by atoms with Crippen LogP contribution in [0.2, 0.25) is 0 Å². The molecular weight excluding hydrogens is 266 g/mol. The molecule has 2 heterocycles. The molecule has 5 nitrogen and oxygen atoms in total. The number of aromatic nitrogens is 2. The van der Waals surface area contributed by atoms with E-state index in [0.717, 1.165) is 25.1 Å². The molecule has 0 bridgehead atoms. The largest absolute Gasteiger partial charge is 0.399 e. The molecule has 5 heteroatoms. The van der Waals surface area contributed by atoms with Crippen LogP contribution in [0.4, 0.5) is 5.69 Å². The maximum atomic E-state index is 5.74. The molecule has 1 saturated heterocycles. The topological polar surface area (TPSA) is 74.2 Å². The minimum absolute atomic E-state index is 0.302. The standard InChI is InChI=1S/C16H21N3O2/c1-11(12-4-6-13(17)7-5-12)10-14-18-15(19-21-14)16(2)8-3-9-20-16/h4-7,11H,3,8-10,17H2,1-2H3. The Labute approximate surface area is 124 Å². The van der Waals surface area contributed by atoms with Crippen LogP contribution >= 0.6 is 0 Å². The molecule has 0 amide bonds. The van der Waals surface area contributed by atoms with Gasteiger partial charge in [0.25, 0.3) is 0 Å². The predicted octanol–water partition coefficient (Wildman–Crippen LogP) is 3.02. The van der Waals surface area contributed by atoms with Crippen molar-refractivity contribution in [3.05, 3.63) is 41.5 Å². The Balaban J connectivity index is 1.70. The summed E-state index contributed by atoms with van der Waals surface area (Å²) < 4.78 is 11.1. The molecule has 2 N–H and O–H groups in total. The van der Waals surface area contributed by atoms with E-state index >= 15 is 0 Å². The van der Waals surface area contributed by atoms with Crippen LogP contribution in [0.3, 0.4) is 0 Å². The van der Waals surface area contributed by atoms with Crippen LogP contribution in [-0.2, 0) is 16.8 Å². The van der Waals surface area contributed by atoms with Crippen molar-refractivity contribution >= 4 is 5.69 Å². The first kappa shape index (κ1) is 14.1. The van der Waals surface area contributed by atoms with Crippen LogP contribution in [0.25, 0.3) is 0 Å². The summed E-state index contributed by atoms with van der Waals surface area (Å²) in [6, 6.07) is 7.91. The number of hydrogen-bond donors (Lipinski definition) is 1. The summed E-state index contributed by atoms with van der Waals surface area (Å²) in [7, 11) is 0. The fourth-order valence-corrected chi connectivity index (χ4v) is 2.71. The molecule has 1 aliphatic heterocycles. The molecule has 0 radical (unpaired) electrons. The van der Waals surface area contributed by atoms with Crippen molar-refractivity contribution in [1.29, 1.82) is 0 Å². The fourth-order valence-electron chi connectivity index (χ4n) is 2.71. The van der Waals surface area contributed by atoms with Gasteiger partial charge in [-0.1, -0.05) is 24.2 Å². The molecule has 0 spiro atoms. The van der Waals surface area contributed by atoms with Gasteiger partial charge in [0, 0.05) is 18.7 Å². The van der Waals surface area contributed by atoms with E-state index in [9.17, 15) is 0 Å². The van der Waals surface area contributed by atoms with E-state index in [1.54, 1.807) is 0 Å². The number of hydrogen-bond acceptors (Lipinski definition) is 5. The number of rotatable bonds is 4. The average Bonchev–Trinajstić information content (AvgIpc) is 3.10. The third-order valence-corrected chi connectivity index (χ3v) is 4.15. The summed E-state index contributed by atoms with van der Waals surface area (Å²) in [5.41, 5.74) is 7.32. The Kier molecular flexibility index (Phi) is 3.68.